The van der Waals surface area contributed by atoms with Gasteiger partial charge in [-0.3, -0.25) is 4.79 Å². The van der Waals surface area contributed by atoms with Crippen LogP contribution in [0.15, 0.2) is 22.7 Å². The minimum absolute atomic E-state index is 0. The molecule has 7 heteroatoms. The first-order valence-corrected chi connectivity index (χ1v) is 8.83. The molecule has 0 atom stereocenters. The molecule has 2 N–H and O–H groups in total. The van der Waals surface area contributed by atoms with Crippen molar-refractivity contribution in [1.82, 2.24) is 20.8 Å². The second-order valence-corrected chi connectivity index (χ2v) is 7.60. The zero-order valence-corrected chi connectivity index (χ0v) is 16.4. The fourth-order valence-corrected chi connectivity index (χ4v) is 2.81. The fraction of sp³-hybridized carbons (Fsp3) is 0.526. The van der Waals surface area contributed by atoms with E-state index in [1.165, 1.54) is 11.1 Å². The highest BCUT2D eigenvalue weighted by Gasteiger charge is 2.20. The van der Waals surface area contributed by atoms with Gasteiger partial charge in [-0.2, -0.15) is 4.98 Å². The number of carbonyl (C=O) groups is 1. The topological polar surface area (TPSA) is 80.0 Å². The molecule has 1 aromatic carbocycles. The van der Waals surface area contributed by atoms with Gasteiger partial charge in [0.2, 0.25) is 11.8 Å². The number of hydrogen-bond acceptors (Lipinski definition) is 5. The second kappa shape index (κ2) is 8.64. The zero-order chi connectivity index (χ0) is 17.9. The van der Waals surface area contributed by atoms with Gasteiger partial charge in [0.05, 0.1) is 0 Å². The van der Waals surface area contributed by atoms with Crippen molar-refractivity contribution in [2.24, 2.45) is 0 Å². The molecule has 1 aliphatic heterocycles. The molecule has 1 aliphatic rings. The van der Waals surface area contributed by atoms with Crippen LogP contribution < -0.4 is 10.6 Å². The summed E-state index contributed by atoms with van der Waals surface area (Å²) in [4.78, 5) is 16.4. The summed E-state index contributed by atoms with van der Waals surface area (Å²) in [5.74, 6) is 1.36. The maximum atomic E-state index is 12.0. The third kappa shape index (κ3) is 5.29. The molecule has 0 bridgehead atoms. The van der Waals surface area contributed by atoms with Gasteiger partial charge in [-0.05, 0) is 23.1 Å². The van der Waals surface area contributed by atoms with E-state index in [-0.39, 0.29) is 23.7 Å². The van der Waals surface area contributed by atoms with Gasteiger partial charge < -0.3 is 15.2 Å². The molecule has 0 unspecified atom stereocenters. The molecule has 1 aromatic heterocycles. The van der Waals surface area contributed by atoms with E-state index >= 15 is 0 Å². The molecule has 3 rings (SSSR count). The van der Waals surface area contributed by atoms with E-state index in [2.05, 4.69) is 39.0 Å². The number of amides is 1. The third-order valence-electron chi connectivity index (χ3n) is 4.32. The second-order valence-electron chi connectivity index (χ2n) is 7.60. The Hall–Kier alpha value is -1.92. The molecular weight excluding hydrogens is 352 g/mol. The molecule has 0 saturated carbocycles. The van der Waals surface area contributed by atoms with E-state index < -0.39 is 0 Å². The van der Waals surface area contributed by atoms with Gasteiger partial charge >= 0.3 is 0 Å². The highest BCUT2D eigenvalue weighted by Crippen LogP contribution is 2.19. The Morgan fingerprint density at radius 1 is 1.27 bits per heavy atom. The number of nitrogens with zero attached hydrogens (tertiary/aromatic N) is 2. The Balaban J connectivity index is 0.00000243. The van der Waals surface area contributed by atoms with Crippen molar-refractivity contribution in [3.05, 3.63) is 46.6 Å². The number of rotatable bonds is 6. The number of halogens is 1. The highest BCUT2D eigenvalue weighted by molar-refractivity contribution is 5.85. The van der Waals surface area contributed by atoms with E-state index in [9.17, 15) is 4.79 Å². The molecule has 0 saturated heterocycles. The third-order valence-corrected chi connectivity index (χ3v) is 4.32. The molecule has 6 nitrogen and oxygen atoms in total. The molecule has 26 heavy (non-hydrogen) atoms. The van der Waals surface area contributed by atoms with Crippen LogP contribution in [0, 0.1) is 0 Å². The summed E-state index contributed by atoms with van der Waals surface area (Å²) in [6, 6.07) is 6.39. The number of carbonyl (C=O) groups excluding carboxylic acids is 1. The van der Waals surface area contributed by atoms with Crippen LogP contribution in [0.5, 0.6) is 0 Å². The van der Waals surface area contributed by atoms with Gasteiger partial charge in [-0.25, -0.2) is 0 Å². The highest BCUT2D eigenvalue weighted by atomic mass is 35.5. The minimum atomic E-state index is -0.121. The van der Waals surface area contributed by atoms with Crippen molar-refractivity contribution >= 4 is 18.3 Å². The quantitative estimate of drug-likeness (QED) is 0.807. The van der Waals surface area contributed by atoms with Gasteiger partial charge in [0.15, 0.2) is 5.82 Å². The SMILES string of the molecule is CC(C)(C)c1noc(CCCC(=O)NCc2ccc3c(c2)CNC3)n1.Cl. The van der Waals surface area contributed by atoms with Crippen LogP contribution in [0.25, 0.3) is 0 Å². The van der Waals surface area contributed by atoms with Crippen molar-refractivity contribution < 1.29 is 9.32 Å². The van der Waals surface area contributed by atoms with Crippen LogP contribution in [0.2, 0.25) is 0 Å². The summed E-state index contributed by atoms with van der Waals surface area (Å²) in [5.41, 5.74) is 3.70. The van der Waals surface area contributed by atoms with Gasteiger partial charge in [0.1, 0.15) is 0 Å². The molecule has 0 spiro atoms. The van der Waals surface area contributed by atoms with Crippen LogP contribution in [-0.2, 0) is 36.3 Å². The predicted molar refractivity (Wildman–Crippen MR) is 102 cm³/mol. The van der Waals surface area contributed by atoms with Crippen molar-refractivity contribution in [2.45, 2.75) is 65.1 Å². The first kappa shape index (κ1) is 20.4. The molecule has 2 aromatic rings. The van der Waals surface area contributed by atoms with Gasteiger partial charge in [0, 0.05) is 37.9 Å². The largest absolute Gasteiger partial charge is 0.352 e. The normalized spacial score (nSPS) is 13.2. The molecule has 0 fully saturated rings. The molecule has 0 aliphatic carbocycles. The van der Waals surface area contributed by atoms with E-state index in [0.717, 1.165) is 18.7 Å². The molecule has 142 valence electrons. The summed E-state index contributed by atoms with van der Waals surface area (Å²) in [6.45, 7) is 8.56. The Bertz CT molecular complexity index is 752. The lowest BCUT2D eigenvalue weighted by atomic mass is 9.96. The number of benzene rings is 1. The van der Waals surface area contributed by atoms with Crippen LogP contribution in [0.4, 0.5) is 0 Å². The lowest BCUT2D eigenvalue weighted by Gasteiger charge is -2.10. The summed E-state index contributed by atoms with van der Waals surface area (Å²) < 4.78 is 5.25. The zero-order valence-electron chi connectivity index (χ0n) is 15.6. The molecule has 0 radical (unpaired) electrons. The number of fused-ring (bicyclic) bond motifs is 1. The first-order valence-electron chi connectivity index (χ1n) is 8.83. The summed E-state index contributed by atoms with van der Waals surface area (Å²) in [5, 5.41) is 10.3. The molecule has 1 amide bonds. The molecule has 2 heterocycles. The van der Waals surface area contributed by atoms with E-state index in [1.54, 1.807) is 0 Å². The molecular formula is C19H27ClN4O2. The van der Waals surface area contributed by atoms with Gasteiger partial charge in [-0.15, -0.1) is 12.4 Å². The van der Waals surface area contributed by atoms with Gasteiger partial charge in [-0.1, -0.05) is 44.1 Å². The standard InChI is InChI=1S/C19H26N4O2.ClH/c1-19(2,3)18-22-17(25-23-18)6-4-5-16(24)21-10-13-7-8-14-11-20-12-15(14)9-13;/h7-9,20H,4-6,10-12H2,1-3H3,(H,21,24);1H. The Labute approximate surface area is 160 Å². The number of hydrogen-bond donors (Lipinski definition) is 2. The summed E-state index contributed by atoms with van der Waals surface area (Å²) in [7, 11) is 0. The number of nitrogens with one attached hydrogen (secondary N) is 2. The van der Waals surface area contributed by atoms with Crippen molar-refractivity contribution in [3.8, 4) is 0 Å². The Kier molecular flexibility index (Phi) is 6.78. The van der Waals surface area contributed by atoms with Crippen molar-refractivity contribution in [1.29, 1.82) is 0 Å². The minimum Gasteiger partial charge on any atom is -0.352 e. The van der Waals surface area contributed by atoms with Crippen LogP contribution in [0.3, 0.4) is 0 Å². The first-order chi connectivity index (χ1) is 11.9. The smallest absolute Gasteiger partial charge is 0.226 e. The number of aromatic nitrogens is 2. The predicted octanol–water partition coefficient (Wildman–Crippen LogP) is 3.03. The summed E-state index contributed by atoms with van der Waals surface area (Å²) >= 11 is 0. The van der Waals surface area contributed by atoms with Crippen LogP contribution in [-0.4, -0.2) is 16.0 Å². The lowest BCUT2D eigenvalue weighted by Crippen LogP contribution is -2.22. The van der Waals surface area contributed by atoms with Gasteiger partial charge in [0.25, 0.3) is 0 Å². The Morgan fingerprint density at radius 2 is 2.04 bits per heavy atom. The van der Waals surface area contributed by atoms with Crippen LogP contribution >= 0.6 is 12.4 Å². The van der Waals surface area contributed by atoms with Crippen molar-refractivity contribution in [2.75, 3.05) is 0 Å². The monoisotopic (exact) mass is 378 g/mol. The maximum Gasteiger partial charge on any atom is 0.226 e. The fourth-order valence-electron chi connectivity index (χ4n) is 2.81. The Morgan fingerprint density at radius 3 is 2.77 bits per heavy atom. The summed E-state index contributed by atoms with van der Waals surface area (Å²) in [6.07, 6.45) is 1.78. The van der Waals surface area contributed by atoms with E-state index in [1.807, 2.05) is 20.8 Å². The lowest BCUT2D eigenvalue weighted by molar-refractivity contribution is -0.121. The number of aryl methyl sites for hydroxylation is 1. The average molecular weight is 379 g/mol. The van der Waals surface area contributed by atoms with E-state index in [4.69, 9.17) is 4.52 Å². The van der Waals surface area contributed by atoms with Crippen LogP contribution in [0.1, 0.15) is 62.0 Å². The average Bonchev–Trinajstić information content (AvgIpc) is 3.21. The van der Waals surface area contributed by atoms with E-state index in [0.29, 0.717) is 37.5 Å². The van der Waals surface area contributed by atoms with Crippen molar-refractivity contribution in [3.63, 3.8) is 0 Å². The maximum absolute atomic E-state index is 12.0.